The molecule has 2 unspecified atom stereocenters. The number of aliphatic hydroxyl groups is 1. The average Bonchev–Trinajstić information content (AvgIpc) is 2.71. The molecule has 5 nitrogen and oxygen atoms in total. The largest absolute Gasteiger partial charge is 0.426 e. The van der Waals surface area contributed by atoms with Gasteiger partial charge in [0.15, 0.2) is 11.7 Å². The molecule has 2 aromatic rings. The van der Waals surface area contributed by atoms with Gasteiger partial charge in [-0.15, -0.1) is 0 Å². The van der Waals surface area contributed by atoms with E-state index in [1.807, 2.05) is 6.92 Å². The van der Waals surface area contributed by atoms with Gasteiger partial charge in [0.1, 0.15) is 5.75 Å². The second-order valence-electron chi connectivity index (χ2n) is 6.92. The van der Waals surface area contributed by atoms with Crippen LogP contribution < -0.4 is 9.47 Å². The van der Waals surface area contributed by atoms with Gasteiger partial charge in [-0.25, -0.2) is 0 Å². The summed E-state index contributed by atoms with van der Waals surface area (Å²) >= 11 is 13.4. The van der Waals surface area contributed by atoms with Gasteiger partial charge in [0, 0.05) is 8.95 Å². The minimum absolute atomic E-state index is 0.116. The van der Waals surface area contributed by atoms with Crippen LogP contribution in [0.2, 0.25) is 0 Å². The number of ether oxygens (including phenoxy) is 2. The van der Waals surface area contributed by atoms with E-state index in [1.165, 1.54) is 0 Å². The smallest absolute Gasteiger partial charge is 0.325 e. The lowest BCUT2D eigenvalue weighted by molar-refractivity contribution is -0.151. The summed E-state index contributed by atoms with van der Waals surface area (Å²) in [6.45, 7) is 2.04. The van der Waals surface area contributed by atoms with Gasteiger partial charge in [0.25, 0.3) is 0 Å². The second-order valence-corrected chi connectivity index (χ2v) is 10.5. The number of halogens is 4. The summed E-state index contributed by atoms with van der Waals surface area (Å²) in [5.74, 6) is -2.06. The van der Waals surface area contributed by atoms with E-state index in [-0.39, 0.29) is 18.6 Å². The highest BCUT2D eigenvalue weighted by Crippen LogP contribution is 2.37. The minimum Gasteiger partial charge on any atom is -0.426 e. The number of benzene rings is 2. The molecule has 0 aromatic heterocycles. The van der Waals surface area contributed by atoms with Gasteiger partial charge < -0.3 is 14.6 Å². The van der Waals surface area contributed by atoms with E-state index in [2.05, 4.69) is 63.7 Å². The van der Waals surface area contributed by atoms with Crippen molar-refractivity contribution in [1.82, 2.24) is 0 Å². The van der Waals surface area contributed by atoms with Crippen molar-refractivity contribution in [2.24, 2.45) is 5.92 Å². The highest BCUT2D eigenvalue weighted by Gasteiger charge is 2.32. The minimum atomic E-state index is -1.18. The van der Waals surface area contributed by atoms with Crippen molar-refractivity contribution >= 4 is 75.7 Å². The maximum Gasteiger partial charge on any atom is 0.325 e. The van der Waals surface area contributed by atoms with E-state index in [1.54, 1.807) is 36.4 Å². The van der Waals surface area contributed by atoms with Crippen LogP contribution in [0.15, 0.2) is 54.3 Å². The molecule has 0 aliphatic rings. The first kappa shape index (κ1) is 26.5. The van der Waals surface area contributed by atoms with Crippen molar-refractivity contribution in [2.75, 3.05) is 0 Å². The van der Waals surface area contributed by atoms with Gasteiger partial charge in [0.05, 0.1) is 15.0 Å². The molecular formula is C22H22Br4O5. The molecule has 2 atom stereocenters. The highest BCUT2D eigenvalue weighted by atomic mass is 79.9. The molecule has 2 aromatic carbocycles. The topological polar surface area (TPSA) is 72.8 Å². The number of hydrogen-bond donors (Lipinski definition) is 1. The van der Waals surface area contributed by atoms with Gasteiger partial charge in [0.2, 0.25) is 0 Å². The molecule has 0 saturated carbocycles. The number of rotatable bonds is 10. The van der Waals surface area contributed by atoms with Gasteiger partial charge in [-0.05, 0) is 87.5 Å². The number of unbranched alkanes of at least 4 members (excludes halogenated alkanes) is 1. The van der Waals surface area contributed by atoms with Crippen LogP contribution >= 0.6 is 63.7 Å². The Morgan fingerprint density at radius 1 is 0.871 bits per heavy atom. The zero-order chi connectivity index (χ0) is 23.0. The van der Waals surface area contributed by atoms with Gasteiger partial charge in [-0.2, -0.15) is 0 Å². The molecule has 2 rings (SSSR count). The Balaban J connectivity index is 2.18. The molecule has 0 bridgehead atoms. The van der Waals surface area contributed by atoms with Crippen LogP contribution in [-0.2, 0) is 9.59 Å². The van der Waals surface area contributed by atoms with E-state index in [0.717, 1.165) is 21.8 Å². The molecule has 0 spiro atoms. The second kappa shape index (κ2) is 13.1. The van der Waals surface area contributed by atoms with Crippen LogP contribution in [0.25, 0.3) is 0 Å². The standard InChI is InChI=1S/C22H22Br4O5/c1-2-3-4-15(27)7-10-17(21(28)30-16-8-5-13(23)6-9-16)22(29)31-20-18(25)11-14(24)12-19(20)26/h5-6,8-9,11-12,15,17,27H,2-4,7,10H2,1H3. The first-order valence-electron chi connectivity index (χ1n) is 9.72. The Morgan fingerprint density at radius 3 is 2.03 bits per heavy atom. The first-order chi connectivity index (χ1) is 14.7. The molecule has 0 radical (unpaired) electrons. The Kier molecular flexibility index (Phi) is 11.2. The number of hydrogen-bond acceptors (Lipinski definition) is 5. The molecule has 31 heavy (non-hydrogen) atoms. The van der Waals surface area contributed by atoms with Crippen LogP contribution in [0, 0.1) is 5.92 Å². The Bertz CT molecular complexity index is 878. The molecule has 0 heterocycles. The van der Waals surface area contributed by atoms with Gasteiger partial charge in [-0.3, -0.25) is 9.59 Å². The average molecular weight is 686 g/mol. The predicted octanol–water partition coefficient (Wildman–Crippen LogP) is 7.20. The third kappa shape index (κ3) is 8.61. The maximum absolute atomic E-state index is 12.9. The molecule has 0 aliphatic heterocycles. The normalized spacial score (nSPS) is 12.8. The van der Waals surface area contributed by atoms with E-state index in [4.69, 9.17) is 9.47 Å². The lowest BCUT2D eigenvalue weighted by Crippen LogP contribution is -2.32. The van der Waals surface area contributed by atoms with E-state index in [9.17, 15) is 14.7 Å². The molecule has 1 N–H and O–H groups in total. The van der Waals surface area contributed by atoms with E-state index in [0.29, 0.717) is 21.1 Å². The van der Waals surface area contributed by atoms with Crippen molar-refractivity contribution in [1.29, 1.82) is 0 Å². The van der Waals surface area contributed by atoms with Crippen molar-refractivity contribution < 1.29 is 24.2 Å². The zero-order valence-corrected chi connectivity index (χ0v) is 23.1. The molecule has 0 aliphatic carbocycles. The fourth-order valence-corrected chi connectivity index (χ4v) is 5.45. The summed E-state index contributed by atoms with van der Waals surface area (Å²) in [5, 5.41) is 10.2. The van der Waals surface area contributed by atoms with Crippen molar-refractivity contribution in [3.05, 3.63) is 54.3 Å². The van der Waals surface area contributed by atoms with E-state index >= 15 is 0 Å². The number of aliphatic hydroxyl groups excluding tert-OH is 1. The summed E-state index contributed by atoms with van der Waals surface area (Å²) in [7, 11) is 0. The van der Waals surface area contributed by atoms with Crippen molar-refractivity contribution in [2.45, 2.75) is 45.1 Å². The summed E-state index contributed by atoms with van der Waals surface area (Å²) in [4.78, 5) is 25.8. The Labute approximate surface area is 215 Å². The fraction of sp³-hybridized carbons (Fsp3) is 0.364. The van der Waals surface area contributed by atoms with Crippen LogP contribution in [-0.4, -0.2) is 23.1 Å². The van der Waals surface area contributed by atoms with Crippen LogP contribution in [0.4, 0.5) is 0 Å². The van der Waals surface area contributed by atoms with Gasteiger partial charge in [-0.1, -0.05) is 51.6 Å². The fourth-order valence-electron chi connectivity index (χ4n) is 2.76. The summed E-state index contributed by atoms with van der Waals surface area (Å²) in [6, 6.07) is 10.2. The maximum atomic E-state index is 12.9. The van der Waals surface area contributed by atoms with Crippen LogP contribution in [0.3, 0.4) is 0 Å². The molecule has 9 heteroatoms. The third-order valence-corrected chi connectivity index (χ3v) is 6.61. The number of esters is 2. The molecule has 0 fully saturated rings. The van der Waals surface area contributed by atoms with Crippen LogP contribution in [0.1, 0.15) is 39.0 Å². The summed E-state index contributed by atoms with van der Waals surface area (Å²) in [5.41, 5.74) is 0. The molecule has 0 amide bonds. The Hall–Kier alpha value is -0.740. The molecule has 168 valence electrons. The van der Waals surface area contributed by atoms with Crippen molar-refractivity contribution in [3.8, 4) is 11.5 Å². The highest BCUT2D eigenvalue weighted by molar-refractivity contribution is 9.11. The third-order valence-electron chi connectivity index (χ3n) is 4.45. The monoisotopic (exact) mass is 682 g/mol. The quantitative estimate of drug-likeness (QED) is 0.163. The van der Waals surface area contributed by atoms with Gasteiger partial charge >= 0.3 is 11.9 Å². The number of carbonyl (C=O) groups excluding carboxylic acids is 2. The number of carbonyl (C=O) groups is 2. The predicted molar refractivity (Wildman–Crippen MR) is 133 cm³/mol. The lowest BCUT2D eigenvalue weighted by Gasteiger charge is -2.18. The van der Waals surface area contributed by atoms with Crippen LogP contribution in [0.5, 0.6) is 11.5 Å². The van der Waals surface area contributed by atoms with E-state index < -0.39 is 24.0 Å². The van der Waals surface area contributed by atoms with Crippen molar-refractivity contribution in [3.63, 3.8) is 0 Å². The lowest BCUT2D eigenvalue weighted by atomic mass is 9.98. The molecular weight excluding hydrogens is 664 g/mol. The molecule has 0 saturated heterocycles. The zero-order valence-electron chi connectivity index (χ0n) is 16.7. The first-order valence-corrected chi connectivity index (χ1v) is 12.9. The summed E-state index contributed by atoms with van der Waals surface area (Å²) < 4.78 is 13.7. The Morgan fingerprint density at radius 2 is 1.45 bits per heavy atom. The summed E-state index contributed by atoms with van der Waals surface area (Å²) in [6.07, 6.45) is 2.26. The SMILES string of the molecule is CCCCC(O)CCC(C(=O)Oc1ccc(Br)cc1)C(=O)Oc1c(Br)cc(Br)cc1Br.